The van der Waals surface area contributed by atoms with Gasteiger partial charge in [0.25, 0.3) is 0 Å². The van der Waals surface area contributed by atoms with Gasteiger partial charge in [-0.25, -0.2) is 9.97 Å². The molecule has 0 saturated heterocycles. The van der Waals surface area contributed by atoms with E-state index in [-0.39, 0.29) is 5.04 Å². The van der Waals surface area contributed by atoms with Crippen LogP contribution in [0.3, 0.4) is 0 Å². The molecule has 10 nitrogen and oxygen atoms in total. The van der Waals surface area contributed by atoms with Gasteiger partial charge < -0.3 is 28.7 Å². The fourth-order valence-electron chi connectivity index (χ4n) is 4.73. The molecule has 4 aromatic rings. The lowest BCUT2D eigenvalue weighted by atomic mass is 9.97. The number of anilines is 1. The fourth-order valence-corrected chi connectivity index (χ4v) is 5.65. The SMILES string of the molecule is COc1ccc(CNc2nc3c(OC)ccc(C4=COCCC4)c3c3nc(CO[Si](C)(C)C(C)(C)C)nn23)c(OC)c1. The maximum atomic E-state index is 6.51. The largest absolute Gasteiger partial charge is 0.501 e. The van der Waals surface area contributed by atoms with Crippen molar-refractivity contribution in [1.29, 1.82) is 0 Å². The zero-order valence-corrected chi connectivity index (χ0v) is 26.8. The van der Waals surface area contributed by atoms with Crippen molar-refractivity contribution in [1.82, 2.24) is 19.6 Å². The molecule has 5 rings (SSSR count). The Morgan fingerprint density at radius 3 is 2.45 bits per heavy atom. The quantitative estimate of drug-likeness (QED) is 0.205. The van der Waals surface area contributed by atoms with Crippen LogP contribution in [0.1, 0.15) is 50.6 Å². The van der Waals surface area contributed by atoms with Gasteiger partial charge in [-0.2, -0.15) is 4.52 Å². The third-order valence-corrected chi connectivity index (χ3v) is 12.7. The predicted molar refractivity (Wildman–Crippen MR) is 167 cm³/mol. The Balaban J connectivity index is 1.64. The summed E-state index contributed by atoms with van der Waals surface area (Å²) >= 11 is 0. The fraction of sp³-hybridized carbons (Fsp3) is 0.452. The molecule has 0 fully saturated rings. The molecule has 0 bridgehead atoms. The summed E-state index contributed by atoms with van der Waals surface area (Å²) in [7, 11) is 2.91. The molecule has 2 aromatic carbocycles. The Morgan fingerprint density at radius 2 is 1.79 bits per heavy atom. The summed E-state index contributed by atoms with van der Waals surface area (Å²) in [6.07, 6.45) is 3.70. The van der Waals surface area contributed by atoms with E-state index in [1.54, 1.807) is 25.8 Å². The van der Waals surface area contributed by atoms with Crippen molar-refractivity contribution in [3.63, 3.8) is 0 Å². The monoisotopic (exact) mass is 591 g/mol. The number of hydrogen-bond acceptors (Lipinski definition) is 9. The highest BCUT2D eigenvalue weighted by molar-refractivity contribution is 6.74. The molecule has 11 heteroatoms. The summed E-state index contributed by atoms with van der Waals surface area (Å²) < 4.78 is 30.8. The summed E-state index contributed by atoms with van der Waals surface area (Å²) in [6, 6.07) is 9.74. The Kier molecular flexibility index (Phi) is 8.34. The minimum atomic E-state index is -2.02. The van der Waals surface area contributed by atoms with Crippen molar-refractivity contribution in [2.24, 2.45) is 0 Å². The number of ether oxygens (including phenoxy) is 4. The summed E-state index contributed by atoms with van der Waals surface area (Å²) in [5.74, 6) is 3.22. The first-order valence-electron chi connectivity index (χ1n) is 14.2. The maximum Gasteiger partial charge on any atom is 0.226 e. The number of methoxy groups -OCH3 is 3. The van der Waals surface area contributed by atoms with E-state index in [1.165, 1.54) is 0 Å². The zero-order chi connectivity index (χ0) is 30.1. The smallest absolute Gasteiger partial charge is 0.226 e. The van der Waals surface area contributed by atoms with Crippen molar-refractivity contribution < 1.29 is 23.4 Å². The minimum Gasteiger partial charge on any atom is -0.501 e. The molecule has 1 aliphatic rings. The molecule has 2 aromatic heterocycles. The maximum absolute atomic E-state index is 6.51. The van der Waals surface area contributed by atoms with Crippen LogP contribution in [0, 0.1) is 0 Å². The summed E-state index contributed by atoms with van der Waals surface area (Å²) in [6.45, 7) is 12.6. The topological polar surface area (TPSA) is 101 Å². The van der Waals surface area contributed by atoms with Gasteiger partial charge in [0.1, 0.15) is 22.8 Å². The van der Waals surface area contributed by atoms with Gasteiger partial charge in [-0.05, 0) is 60.3 Å². The molecule has 1 N–H and O–H groups in total. The van der Waals surface area contributed by atoms with Crippen LogP contribution in [0.2, 0.25) is 18.1 Å². The lowest BCUT2D eigenvalue weighted by molar-refractivity contribution is 0.235. The third-order valence-electron chi connectivity index (χ3n) is 8.23. The molecule has 0 aliphatic carbocycles. The minimum absolute atomic E-state index is 0.0680. The number of aromatic nitrogens is 4. The first kappa shape index (κ1) is 29.7. The van der Waals surface area contributed by atoms with Gasteiger partial charge in [0.15, 0.2) is 19.8 Å². The van der Waals surface area contributed by atoms with Crippen molar-refractivity contribution in [2.45, 2.75) is 64.9 Å². The molecular weight excluding hydrogens is 550 g/mol. The van der Waals surface area contributed by atoms with Crippen molar-refractivity contribution in [3.8, 4) is 17.2 Å². The summed E-state index contributed by atoms with van der Waals surface area (Å²) in [4.78, 5) is 10.1. The molecule has 42 heavy (non-hydrogen) atoms. The van der Waals surface area contributed by atoms with Gasteiger partial charge in [0.05, 0.1) is 46.2 Å². The highest BCUT2D eigenvalue weighted by atomic mass is 28.4. The normalized spacial score (nSPS) is 14.0. The average Bonchev–Trinajstić information content (AvgIpc) is 3.43. The molecule has 0 amide bonds. The van der Waals surface area contributed by atoms with Gasteiger partial charge in [0.2, 0.25) is 5.95 Å². The molecular formula is C31H41N5O5Si. The molecule has 0 radical (unpaired) electrons. The Hall–Kier alpha value is -3.83. The van der Waals surface area contributed by atoms with Crippen LogP contribution in [0.5, 0.6) is 17.2 Å². The van der Waals surface area contributed by atoms with E-state index in [4.69, 9.17) is 38.4 Å². The number of allylic oxidation sites excluding steroid dienone is 1. The van der Waals surface area contributed by atoms with Crippen LogP contribution < -0.4 is 19.5 Å². The number of benzene rings is 2. The second kappa shape index (κ2) is 11.8. The van der Waals surface area contributed by atoms with Crippen LogP contribution in [0.4, 0.5) is 5.95 Å². The van der Waals surface area contributed by atoms with Crippen LogP contribution >= 0.6 is 0 Å². The predicted octanol–water partition coefficient (Wildman–Crippen LogP) is 6.59. The van der Waals surface area contributed by atoms with Crippen LogP contribution in [0.15, 0.2) is 36.6 Å². The van der Waals surface area contributed by atoms with Crippen LogP contribution in [-0.4, -0.2) is 55.8 Å². The van der Waals surface area contributed by atoms with Gasteiger partial charge in [0, 0.05) is 18.2 Å². The first-order valence-corrected chi connectivity index (χ1v) is 17.1. The lowest BCUT2D eigenvalue weighted by Crippen LogP contribution is -2.40. The van der Waals surface area contributed by atoms with Crippen LogP contribution in [-0.2, 0) is 22.3 Å². The van der Waals surface area contributed by atoms with Crippen molar-refractivity contribution >= 4 is 36.4 Å². The Labute approximate surface area is 248 Å². The highest BCUT2D eigenvalue weighted by Gasteiger charge is 2.37. The Morgan fingerprint density at radius 1 is 1.00 bits per heavy atom. The Bertz CT molecular complexity index is 1630. The molecule has 0 spiro atoms. The second-order valence-electron chi connectivity index (χ2n) is 11.9. The standard InChI is InChI=1S/C31H41N5O5Si/c1-31(2,3)42(7,8)41-19-26-33-29-27-23(21-10-9-15-40-18-21)13-14-24(38-5)28(27)34-30(36(29)35-26)32-17-20-11-12-22(37-4)16-25(20)39-6/h11-14,16,18H,9-10,15,17,19H2,1-8H3,(H,32,34). The molecule has 0 atom stereocenters. The van der Waals surface area contributed by atoms with Gasteiger partial charge in [-0.3, -0.25) is 0 Å². The van der Waals surface area contributed by atoms with Crippen LogP contribution in [0.25, 0.3) is 22.1 Å². The number of nitrogens with one attached hydrogen (secondary N) is 1. The van der Waals surface area contributed by atoms with Crippen molar-refractivity contribution in [3.05, 3.63) is 53.5 Å². The zero-order valence-electron chi connectivity index (χ0n) is 25.8. The van der Waals surface area contributed by atoms with Gasteiger partial charge >= 0.3 is 0 Å². The van der Waals surface area contributed by atoms with E-state index < -0.39 is 8.32 Å². The van der Waals surface area contributed by atoms with E-state index in [0.29, 0.717) is 54.2 Å². The number of nitrogens with zero attached hydrogens (tertiary/aromatic N) is 4. The van der Waals surface area contributed by atoms with E-state index in [0.717, 1.165) is 40.7 Å². The van der Waals surface area contributed by atoms with Crippen molar-refractivity contribution in [2.75, 3.05) is 33.3 Å². The molecule has 224 valence electrons. The molecule has 3 heterocycles. The summed E-state index contributed by atoms with van der Waals surface area (Å²) in [5.41, 5.74) is 4.43. The third kappa shape index (κ3) is 5.75. The van der Waals surface area contributed by atoms with Gasteiger partial charge in [-0.15, -0.1) is 5.10 Å². The summed E-state index contributed by atoms with van der Waals surface area (Å²) in [5, 5.41) is 9.31. The van der Waals surface area contributed by atoms with E-state index in [2.05, 4.69) is 45.2 Å². The molecule has 1 aliphatic heterocycles. The molecule has 0 saturated carbocycles. The lowest BCUT2D eigenvalue weighted by Gasteiger charge is -2.35. The van der Waals surface area contributed by atoms with E-state index in [1.807, 2.05) is 30.5 Å². The second-order valence-corrected chi connectivity index (χ2v) is 16.7. The first-order chi connectivity index (χ1) is 20.1. The number of fused-ring (bicyclic) bond motifs is 3. The van der Waals surface area contributed by atoms with E-state index in [9.17, 15) is 0 Å². The van der Waals surface area contributed by atoms with E-state index >= 15 is 0 Å². The van der Waals surface area contributed by atoms with Gasteiger partial charge in [-0.1, -0.05) is 26.8 Å². The average molecular weight is 592 g/mol. The highest BCUT2D eigenvalue weighted by Crippen LogP contribution is 2.39. The molecule has 0 unspecified atom stereocenters. The number of rotatable bonds is 10. The number of hydrogen-bond donors (Lipinski definition) is 1.